The maximum absolute atomic E-state index is 14.6. The molecule has 0 bridgehead atoms. The summed E-state index contributed by atoms with van der Waals surface area (Å²) in [6.45, 7) is 8.16. The summed E-state index contributed by atoms with van der Waals surface area (Å²) in [6, 6.07) is 0. The van der Waals surface area contributed by atoms with Crippen molar-refractivity contribution in [2.75, 3.05) is 13.1 Å². The van der Waals surface area contributed by atoms with Crippen LogP contribution in [0.4, 0.5) is 4.39 Å². The molecule has 0 aromatic rings. The topological polar surface area (TPSA) is 20.3 Å². The molecule has 0 fully saturated rings. The van der Waals surface area contributed by atoms with Crippen LogP contribution in [0.3, 0.4) is 0 Å². The van der Waals surface area contributed by atoms with E-state index in [0.29, 0.717) is 6.42 Å². The Morgan fingerprint density at radius 2 is 0.871 bits per heavy atom. The van der Waals surface area contributed by atoms with Crippen molar-refractivity contribution in [3.63, 3.8) is 0 Å². The van der Waals surface area contributed by atoms with E-state index in [1.165, 1.54) is 89.9 Å². The molecule has 186 valence electrons. The van der Waals surface area contributed by atoms with E-state index in [4.69, 9.17) is 0 Å². The minimum Gasteiger partial charge on any atom is -0.340 e. The number of halogens is 1. The Kier molecular flexibility index (Phi) is 23.6. The third kappa shape index (κ3) is 19.8. The van der Waals surface area contributed by atoms with Gasteiger partial charge in [-0.15, -0.1) is 0 Å². The zero-order valence-corrected chi connectivity index (χ0v) is 21.6. The largest absolute Gasteiger partial charge is 0.340 e. The molecular formula is C28H56FNO. The van der Waals surface area contributed by atoms with Crippen LogP contribution in [-0.4, -0.2) is 30.1 Å². The number of hydrogen-bond acceptors (Lipinski definition) is 1. The van der Waals surface area contributed by atoms with Crippen molar-refractivity contribution < 1.29 is 9.18 Å². The van der Waals surface area contributed by atoms with Crippen LogP contribution < -0.4 is 0 Å². The number of carbonyl (C=O) groups is 1. The third-order valence-electron chi connectivity index (χ3n) is 6.45. The summed E-state index contributed by atoms with van der Waals surface area (Å²) in [5, 5.41) is 0. The van der Waals surface area contributed by atoms with E-state index in [1.807, 2.05) is 4.90 Å². The predicted octanol–water partition coefficient (Wildman–Crippen LogP) is 9.40. The second kappa shape index (κ2) is 24.1. The van der Waals surface area contributed by atoms with Crippen molar-refractivity contribution in [1.82, 2.24) is 4.90 Å². The normalized spacial score (nSPS) is 12.3. The molecule has 0 spiro atoms. The number of carbonyl (C=O) groups excluding carboxylic acids is 1. The maximum Gasteiger partial charge on any atom is 0.257 e. The first-order valence-corrected chi connectivity index (χ1v) is 14.1. The van der Waals surface area contributed by atoms with Gasteiger partial charge in [0.1, 0.15) is 0 Å². The van der Waals surface area contributed by atoms with Gasteiger partial charge in [0, 0.05) is 13.1 Å². The van der Waals surface area contributed by atoms with Crippen molar-refractivity contribution in [3.8, 4) is 0 Å². The molecule has 0 saturated carbocycles. The van der Waals surface area contributed by atoms with E-state index < -0.39 is 6.17 Å². The first kappa shape index (κ1) is 30.4. The number of nitrogens with zero attached hydrogens (tertiary/aromatic N) is 1. The molecule has 0 heterocycles. The Bertz CT molecular complexity index is 354. The van der Waals surface area contributed by atoms with Gasteiger partial charge < -0.3 is 4.90 Å². The molecule has 0 aromatic carbocycles. The molecule has 31 heavy (non-hydrogen) atoms. The Labute approximate surface area is 195 Å². The summed E-state index contributed by atoms with van der Waals surface area (Å²) in [7, 11) is 0. The Hall–Kier alpha value is -0.600. The zero-order chi connectivity index (χ0) is 23.0. The molecule has 0 aromatic heterocycles. The van der Waals surface area contributed by atoms with Crippen LogP contribution in [0.2, 0.25) is 0 Å². The molecule has 0 rings (SSSR count). The van der Waals surface area contributed by atoms with Crippen LogP contribution in [0, 0.1) is 0 Å². The lowest BCUT2D eigenvalue weighted by Gasteiger charge is -2.24. The molecular weight excluding hydrogens is 385 g/mol. The Morgan fingerprint density at radius 3 is 1.26 bits per heavy atom. The molecule has 0 radical (unpaired) electrons. The number of hydrogen-bond donors (Lipinski definition) is 0. The van der Waals surface area contributed by atoms with Gasteiger partial charge in [0.15, 0.2) is 6.17 Å². The van der Waals surface area contributed by atoms with Crippen molar-refractivity contribution >= 4 is 5.91 Å². The summed E-state index contributed by atoms with van der Waals surface area (Å²) >= 11 is 0. The average Bonchev–Trinajstić information content (AvgIpc) is 2.78. The van der Waals surface area contributed by atoms with Gasteiger partial charge in [0.2, 0.25) is 0 Å². The van der Waals surface area contributed by atoms with Gasteiger partial charge in [0.25, 0.3) is 5.91 Å². The van der Waals surface area contributed by atoms with Crippen molar-refractivity contribution in [2.45, 2.75) is 162 Å². The number of alkyl halides is 1. The number of amides is 1. The summed E-state index contributed by atoms with van der Waals surface area (Å²) in [5.74, 6) is -0.234. The molecule has 3 heteroatoms. The van der Waals surface area contributed by atoms with E-state index in [-0.39, 0.29) is 5.91 Å². The second-order valence-corrected chi connectivity index (χ2v) is 9.59. The van der Waals surface area contributed by atoms with Gasteiger partial charge in [-0.3, -0.25) is 4.79 Å². The highest BCUT2D eigenvalue weighted by atomic mass is 19.1. The highest BCUT2D eigenvalue weighted by Gasteiger charge is 2.22. The highest BCUT2D eigenvalue weighted by molar-refractivity contribution is 5.80. The van der Waals surface area contributed by atoms with Gasteiger partial charge in [-0.05, 0) is 19.3 Å². The first-order valence-electron chi connectivity index (χ1n) is 14.1. The lowest BCUT2D eigenvalue weighted by molar-refractivity contribution is -0.137. The van der Waals surface area contributed by atoms with E-state index >= 15 is 0 Å². The summed E-state index contributed by atoms with van der Waals surface area (Å²) in [4.78, 5) is 14.6. The van der Waals surface area contributed by atoms with Crippen LogP contribution in [0.1, 0.15) is 156 Å². The van der Waals surface area contributed by atoms with Crippen LogP contribution in [0.5, 0.6) is 0 Å². The quantitative estimate of drug-likeness (QED) is 0.137. The van der Waals surface area contributed by atoms with Crippen molar-refractivity contribution in [3.05, 3.63) is 0 Å². The molecule has 0 N–H and O–H groups in total. The fraction of sp³-hybridized carbons (Fsp3) is 0.964. The van der Waals surface area contributed by atoms with Gasteiger partial charge in [-0.2, -0.15) is 0 Å². The van der Waals surface area contributed by atoms with Gasteiger partial charge in [-0.25, -0.2) is 4.39 Å². The van der Waals surface area contributed by atoms with E-state index in [9.17, 15) is 9.18 Å². The van der Waals surface area contributed by atoms with Crippen LogP contribution in [0.15, 0.2) is 0 Å². The lowest BCUT2D eigenvalue weighted by Crippen LogP contribution is -2.38. The van der Waals surface area contributed by atoms with E-state index in [2.05, 4.69) is 20.8 Å². The second-order valence-electron chi connectivity index (χ2n) is 9.59. The van der Waals surface area contributed by atoms with Gasteiger partial charge in [0.05, 0.1) is 0 Å². The van der Waals surface area contributed by atoms with E-state index in [0.717, 1.165) is 51.6 Å². The van der Waals surface area contributed by atoms with Crippen molar-refractivity contribution in [2.24, 2.45) is 0 Å². The SMILES string of the molecule is CCCCCCCCCCN(CCCCCCCCCC)C(=O)C(F)CCCCCC. The molecule has 2 nitrogen and oxygen atoms in total. The number of rotatable bonds is 24. The lowest BCUT2D eigenvalue weighted by atomic mass is 10.1. The molecule has 1 amide bonds. The molecule has 0 aliphatic heterocycles. The standard InChI is InChI=1S/C28H56FNO/c1-4-7-10-13-15-17-19-22-25-30(26-23-20-18-16-14-11-8-5-2)28(31)27(29)24-21-12-9-6-3/h27H,4-26H2,1-3H3. The summed E-state index contributed by atoms with van der Waals surface area (Å²) in [6.07, 6.45) is 23.4. The summed E-state index contributed by atoms with van der Waals surface area (Å²) in [5.41, 5.74) is 0. The fourth-order valence-corrected chi connectivity index (χ4v) is 4.28. The first-order chi connectivity index (χ1) is 15.2. The van der Waals surface area contributed by atoms with E-state index in [1.54, 1.807) is 0 Å². The Balaban J connectivity index is 4.20. The molecule has 1 atom stereocenters. The molecule has 0 saturated heterocycles. The van der Waals surface area contributed by atoms with Crippen LogP contribution >= 0.6 is 0 Å². The smallest absolute Gasteiger partial charge is 0.257 e. The Morgan fingerprint density at radius 1 is 0.548 bits per heavy atom. The van der Waals surface area contributed by atoms with Gasteiger partial charge in [-0.1, -0.05) is 136 Å². The monoisotopic (exact) mass is 441 g/mol. The number of unbranched alkanes of at least 4 members (excludes halogenated alkanes) is 17. The van der Waals surface area contributed by atoms with Crippen LogP contribution in [0.25, 0.3) is 0 Å². The molecule has 0 aliphatic rings. The molecule has 0 aliphatic carbocycles. The maximum atomic E-state index is 14.6. The predicted molar refractivity (Wildman–Crippen MR) is 135 cm³/mol. The minimum absolute atomic E-state index is 0.234. The fourth-order valence-electron chi connectivity index (χ4n) is 4.28. The average molecular weight is 442 g/mol. The highest BCUT2D eigenvalue weighted by Crippen LogP contribution is 2.15. The minimum atomic E-state index is -1.29. The van der Waals surface area contributed by atoms with Crippen molar-refractivity contribution in [1.29, 1.82) is 0 Å². The molecule has 1 unspecified atom stereocenters. The van der Waals surface area contributed by atoms with Crippen LogP contribution in [-0.2, 0) is 4.79 Å². The third-order valence-corrected chi connectivity index (χ3v) is 6.45. The summed E-state index contributed by atoms with van der Waals surface area (Å²) < 4.78 is 14.6. The zero-order valence-electron chi connectivity index (χ0n) is 21.6. The van der Waals surface area contributed by atoms with Gasteiger partial charge >= 0.3 is 0 Å².